The number of aromatic nitrogens is 2. The van der Waals surface area contributed by atoms with Crippen molar-refractivity contribution < 1.29 is 23.8 Å². The SMILES string of the molecule is CC(C)C1COC(=O)N1c1cn2c(n1)-c1ccc(O[C@@H](C)C(N)=O)cc1OCC2. The number of carbonyl (C=O) groups is 2. The average molecular weight is 400 g/mol. The fourth-order valence-electron chi connectivity index (χ4n) is 3.49. The van der Waals surface area contributed by atoms with E-state index >= 15 is 0 Å². The lowest BCUT2D eigenvalue weighted by molar-refractivity contribution is -0.123. The molecule has 1 fully saturated rings. The molecule has 9 nitrogen and oxygen atoms in total. The van der Waals surface area contributed by atoms with Crippen LogP contribution in [0.1, 0.15) is 20.8 Å². The Kier molecular flexibility index (Phi) is 4.81. The third-order valence-corrected chi connectivity index (χ3v) is 5.18. The van der Waals surface area contributed by atoms with Crippen LogP contribution in [0.15, 0.2) is 24.4 Å². The molecule has 0 aliphatic carbocycles. The van der Waals surface area contributed by atoms with Crippen molar-refractivity contribution in [1.82, 2.24) is 9.55 Å². The molecule has 0 saturated carbocycles. The van der Waals surface area contributed by atoms with Gasteiger partial charge in [0, 0.05) is 12.3 Å². The molecule has 2 atom stereocenters. The molecule has 1 unspecified atom stereocenters. The second-order valence-electron chi connectivity index (χ2n) is 7.54. The molecular weight excluding hydrogens is 376 g/mol. The largest absolute Gasteiger partial charge is 0.491 e. The summed E-state index contributed by atoms with van der Waals surface area (Å²) in [6, 6.07) is 5.24. The summed E-state index contributed by atoms with van der Waals surface area (Å²) < 4.78 is 18.6. The van der Waals surface area contributed by atoms with Gasteiger partial charge in [-0.05, 0) is 25.0 Å². The van der Waals surface area contributed by atoms with E-state index in [0.29, 0.717) is 42.9 Å². The van der Waals surface area contributed by atoms with Gasteiger partial charge in [-0.25, -0.2) is 9.78 Å². The topological polar surface area (TPSA) is 109 Å². The van der Waals surface area contributed by atoms with E-state index in [1.165, 1.54) is 0 Å². The maximum atomic E-state index is 12.3. The van der Waals surface area contributed by atoms with Crippen LogP contribution in [-0.4, -0.2) is 46.9 Å². The van der Waals surface area contributed by atoms with E-state index in [0.717, 1.165) is 5.56 Å². The first kappa shape index (κ1) is 19.1. The van der Waals surface area contributed by atoms with Crippen LogP contribution in [0.25, 0.3) is 11.4 Å². The Morgan fingerprint density at radius 2 is 2.10 bits per heavy atom. The van der Waals surface area contributed by atoms with Crippen molar-refractivity contribution in [3.05, 3.63) is 24.4 Å². The first-order valence-electron chi connectivity index (χ1n) is 9.61. The van der Waals surface area contributed by atoms with E-state index in [2.05, 4.69) is 13.8 Å². The maximum absolute atomic E-state index is 12.3. The molecule has 1 saturated heterocycles. The number of hydrogen-bond acceptors (Lipinski definition) is 6. The standard InChI is InChI=1S/C20H24N4O5/c1-11(2)15-10-28-20(26)24(15)17-9-23-6-7-27-16-8-13(29-12(3)18(21)25)4-5-14(16)19(23)22-17/h4-5,8-9,11-12,15H,6-7,10H2,1-3H3,(H2,21,25)/t12-,15?/m0/s1. The Morgan fingerprint density at radius 3 is 2.83 bits per heavy atom. The Labute approximate surface area is 168 Å². The molecular formula is C20H24N4O5. The monoisotopic (exact) mass is 400 g/mol. The highest BCUT2D eigenvalue weighted by atomic mass is 16.6. The summed E-state index contributed by atoms with van der Waals surface area (Å²) in [5.41, 5.74) is 6.04. The number of nitrogens with zero attached hydrogens (tertiary/aromatic N) is 3. The number of carbonyl (C=O) groups excluding carboxylic acids is 2. The van der Waals surface area contributed by atoms with E-state index in [1.54, 1.807) is 24.0 Å². The molecule has 2 amide bonds. The van der Waals surface area contributed by atoms with Gasteiger partial charge in [-0.15, -0.1) is 0 Å². The molecule has 2 N–H and O–H groups in total. The number of rotatable bonds is 5. The number of imidazole rings is 1. The fraction of sp³-hybridized carbons (Fsp3) is 0.450. The molecule has 4 rings (SSSR count). The number of cyclic esters (lactones) is 1. The van der Waals surface area contributed by atoms with E-state index in [9.17, 15) is 9.59 Å². The van der Waals surface area contributed by atoms with Crippen LogP contribution in [0.2, 0.25) is 0 Å². The van der Waals surface area contributed by atoms with Crippen LogP contribution in [0.5, 0.6) is 11.5 Å². The number of benzene rings is 1. The Hall–Kier alpha value is -3.23. The average Bonchev–Trinajstić information content (AvgIpc) is 3.21. The van der Waals surface area contributed by atoms with Crippen molar-refractivity contribution >= 4 is 17.8 Å². The third kappa shape index (κ3) is 3.48. The summed E-state index contributed by atoms with van der Waals surface area (Å²) in [5, 5.41) is 0. The van der Waals surface area contributed by atoms with Crippen LogP contribution < -0.4 is 20.1 Å². The number of primary amides is 1. The van der Waals surface area contributed by atoms with E-state index in [1.807, 2.05) is 16.8 Å². The molecule has 1 aromatic heterocycles. The molecule has 0 bridgehead atoms. The van der Waals surface area contributed by atoms with Gasteiger partial charge < -0.3 is 24.5 Å². The summed E-state index contributed by atoms with van der Waals surface area (Å²) in [7, 11) is 0. The lowest BCUT2D eigenvalue weighted by atomic mass is 10.1. The molecule has 29 heavy (non-hydrogen) atoms. The van der Waals surface area contributed by atoms with Gasteiger partial charge in [0.05, 0.1) is 18.2 Å². The number of amides is 2. The van der Waals surface area contributed by atoms with Crippen LogP contribution in [0.4, 0.5) is 10.6 Å². The fourth-order valence-corrected chi connectivity index (χ4v) is 3.49. The van der Waals surface area contributed by atoms with Gasteiger partial charge in [-0.2, -0.15) is 0 Å². The first-order valence-corrected chi connectivity index (χ1v) is 9.61. The third-order valence-electron chi connectivity index (χ3n) is 5.18. The molecule has 1 aromatic carbocycles. The van der Waals surface area contributed by atoms with Gasteiger partial charge >= 0.3 is 6.09 Å². The molecule has 3 heterocycles. The summed E-state index contributed by atoms with van der Waals surface area (Å²) in [6.07, 6.45) is 0.731. The second kappa shape index (κ2) is 7.31. The molecule has 2 aliphatic rings. The molecule has 0 radical (unpaired) electrons. The van der Waals surface area contributed by atoms with E-state index < -0.39 is 12.0 Å². The molecule has 2 aromatic rings. The van der Waals surface area contributed by atoms with Crippen LogP contribution in [0, 0.1) is 5.92 Å². The number of fused-ring (bicyclic) bond motifs is 3. The van der Waals surface area contributed by atoms with Crippen molar-refractivity contribution in [3.63, 3.8) is 0 Å². The normalized spacial score (nSPS) is 19.1. The van der Waals surface area contributed by atoms with Crippen molar-refractivity contribution in [2.75, 3.05) is 18.1 Å². The highest BCUT2D eigenvalue weighted by Gasteiger charge is 2.38. The predicted octanol–water partition coefficient (Wildman–Crippen LogP) is 2.18. The van der Waals surface area contributed by atoms with Crippen LogP contribution in [0.3, 0.4) is 0 Å². The highest BCUT2D eigenvalue weighted by molar-refractivity contribution is 5.89. The van der Waals surface area contributed by atoms with Crippen molar-refractivity contribution in [2.24, 2.45) is 11.7 Å². The lowest BCUT2D eigenvalue weighted by Gasteiger charge is -2.21. The Morgan fingerprint density at radius 1 is 1.31 bits per heavy atom. The van der Waals surface area contributed by atoms with Crippen molar-refractivity contribution in [3.8, 4) is 22.9 Å². The van der Waals surface area contributed by atoms with Gasteiger partial charge in [0.1, 0.15) is 30.5 Å². The summed E-state index contributed by atoms with van der Waals surface area (Å²) in [4.78, 5) is 29.9. The first-order chi connectivity index (χ1) is 13.8. The lowest BCUT2D eigenvalue weighted by Crippen LogP contribution is -2.37. The van der Waals surface area contributed by atoms with Crippen molar-refractivity contribution in [1.29, 1.82) is 0 Å². The van der Waals surface area contributed by atoms with E-state index in [-0.39, 0.29) is 18.1 Å². The summed E-state index contributed by atoms with van der Waals surface area (Å²) >= 11 is 0. The minimum Gasteiger partial charge on any atom is -0.491 e. The summed E-state index contributed by atoms with van der Waals surface area (Å²) in [6.45, 7) is 7.07. The van der Waals surface area contributed by atoms with Gasteiger partial charge in [-0.1, -0.05) is 13.8 Å². The van der Waals surface area contributed by atoms with Gasteiger partial charge in [-0.3, -0.25) is 9.69 Å². The smallest absolute Gasteiger partial charge is 0.415 e. The Bertz CT molecular complexity index is 954. The van der Waals surface area contributed by atoms with Gasteiger partial charge in [0.2, 0.25) is 0 Å². The number of nitrogens with two attached hydrogens (primary N) is 1. The number of hydrogen-bond donors (Lipinski definition) is 1. The van der Waals surface area contributed by atoms with Crippen molar-refractivity contribution in [2.45, 2.75) is 39.5 Å². The minimum atomic E-state index is -0.749. The van der Waals surface area contributed by atoms with Gasteiger partial charge in [0.25, 0.3) is 5.91 Å². The molecule has 9 heteroatoms. The molecule has 2 aliphatic heterocycles. The van der Waals surface area contributed by atoms with Crippen LogP contribution in [-0.2, 0) is 16.1 Å². The Balaban J connectivity index is 1.68. The minimum absolute atomic E-state index is 0.0524. The molecule has 154 valence electrons. The van der Waals surface area contributed by atoms with Gasteiger partial charge in [0.15, 0.2) is 11.9 Å². The quantitative estimate of drug-likeness (QED) is 0.824. The predicted molar refractivity (Wildman–Crippen MR) is 105 cm³/mol. The maximum Gasteiger partial charge on any atom is 0.415 e. The highest BCUT2D eigenvalue weighted by Crippen LogP contribution is 2.37. The zero-order valence-electron chi connectivity index (χ0n) is 16.6. The zero-order chi connectivity index (χ0) is 20.7. The number of anilines is 1. The van der Waals surface area contributed by atoms with E-state index in [4.69, 9.17) is 24.9 Å². The van der Waals surface area contributed by atoms with Crippen LogP contribution >= 0.6 is 0 Å². The molecule has 0 spiro atoms. The summed E-state index contributed by atoms with van der Waals surface area (Å²) in [5.74, 6) is 2.04. The second-order valence-corrected chi connectivity index (χ2v) is 7.54. The number of ether oxygens (including phenoxy) is 3. The zero-order valence-corrected chi connectivity index (χ0v) is 16.6.